The molecule has 2 aliphatic heterocycles. The molecule has 2 aromatic heterocycles. The van der Waals surface area contributed by atoms with Crippen molar-refractivity contribution in [2.45, 2.75) is 45.1 Å². The van der Waals surface area contributed by atoms with E-state index >= 15 is 0 Å². The number of fused-ring (bicyclic) bond motifs is 3. The number of carbonyl (C=O) groups is 1. The number of rotatable bonds is 3. The summed E-state index contributed by atoms with van der Waals surface area (Å²) in [5.74, 6) is 1.21. The van der Waals surface area contributed by atoms with Gasteiger partial charge < -0.3 is 14.4 Å². The van der Waals surface area contributed by atoms with Crippen LogP contribution in [-0.2, 0) is 17.8 Å². The van der Waals surface area contributed by atoms with Crippen molar-refractivity contribution in [1.82, 2.24) is 19.5 Å². The van der Waals surface area contributed by atoms with Crippen LogP contribution in [0.1, 0.15) is 37.9 Å². The Hall–Kier alpha value is -3.03. The summed E-state index contributed by atoms with van der Waals surface area (Å²) in [6, 6.07) is 6.40. The molecule has 31 heavy (non-hydrogen) atoms. The highest BCUT2D eigenvalue weighted by Gasteiger charge is 2.31. The average molecular weight is 423 g/mol. The van der Waals surface area contributed by atoms with Crippen LogP contribution in [-0.4, -0.2) is 45.6 Å². The van der Waals surface area contributed by atoms with Crippen molar-refractivity contribution >= 4 is 28.6 Å². The molecule has 1 fully saturated rings. The van der Waals surface area contributed by atoms with Crippen LogP contribution < -0.4 is 9.80 Å². The van der Waals surface area contributed by atoms with Crippen LogP contribution in [0, 0.1) is 11.7 Å². The monoisotopic (exact) mass is 422 g/mol. The molecule has 3 aromatic rings. The minimum atomic E-state index is -0.386. The minimum Gasteiger partial charge on any atom is -0.354 e. The van der Waals surface area contributed by atoms with Gasteiger partial charge in [-0.1, -0.05) is 18.6 Å². The van der Waals surface area contributed by atoms with Crippen molar-refractivity contribution in [2.75, 3.05) is 29.9 Å². The molecule has 1 atom stereocenters. The van der Waals surface area contributed by atoms with E-state index in [0.29, 0.717) is 12.2 Å². The molecule has 0 unspecified atom stereocenters. The Labute approximate surface area is 180 Å². The van der Waals surface area contributed by atoms with Crippen LogP contribution in [0.3, 0.4) is 0 Å². The summed E-state index contributed by atoms with van der Waals surface area (Å²) >= 11 is 0. The SMILES string of the molecule is CN(C(=O)[C@@H]1CCCN(c2ncnc3c2nc2n3CCCCC2)C1)c1ccccc1F. The first kappa shape index (κ1) is 19.9. The number of halogens is 1. The Morgan fingerprint density at radius 2 is 2.00 bits per heavy atom. The summed E-state index contributed by atoms with van der Waals surface area (Å²) in [6.07, 6.45) is 7.73. The predicted octanol–water partition coefficient (Wildman–Crippen LogP) is 3.57. The maximum Gasteiger partial charge on any atom is 0.231 e. The highest BCUT2D eigenvalue weighted by molar-refractivity contribution is 5.95. The second-order valence-electron chi connectivity index (χ2n) is 8.49. The molecular formula is C23H27FN6O. The lowest BCUT2D eigenvalue weighted by atomic mass is 9.96. The van der Waals surface area contributed by atoms with E-state index in [1.807, 2.05) is 0 Å². The van der Waals surface area contributed by atoms with E-state index in [1.165, 1.54) is 17.4 Å². The predicted molar refractivity (Wildman–Crippen MR) is 118 cm³/mol. The van der Waals surface area contributed by atoms with Crippen molar-refractivity contribution < 1.29 is 9.18 Å². The van der Waals surface area contributed by atoms with Gasteiger partial charge >= 0.3 is 0 Å². The molecule has 0 saturated carbocycles. The maximum atomic E-state index is 14.2. The number of aromatic nitrogens is 4. The molecule has 2 aliphatic rings. The van der Waals surface area contributed by atoms with Crippen molar-refractivity contribution in [3.8, 4) is 0 Å². The van der Waals surface area contributed by atoms with Gasteiger partial charge in [-0.05, 0) is 37.8 Å². The molecule has 0 radical (unpaired) electrons. The summed E-state index contributed by atoms with van der Waals surface area (Å²) in [5.41, 5.74) is 2.03. The first-order valence-corrected chi connectivity index (χ1v) is 11.1. The molecule has 0 aliphatic carbocycles. The van der Waals surface area contributed by atoms with Gasteiger partial charge in [0, 0.05) is 33.1 Å². The molecule has 1 saturated heterocycles. The number of aryl methyl sites for hydroxylation is 2. The van der Waals surface area contributed by atoms with Gasteiger partial charge in [0.05, 0.1) is 11.6 Å². The largest absolute Gasteiger partial charge is 0.354 e. The fourth-order valence-corrected chi connectivity index (χ4v) is 4.84. The number of nitrogens with zero attached hydrogens (tertiary/aromatic N) is 6. The third kappa shape index (κ3) is 3.64. The van der Waals surface area contributed by atoms with E-state index in [0.717, 1.165) is 68.0 Å². The summed E-state index contributed by atoms with van der Waals surface area (Å²) in [4.78, 5) is 30.8. The van der Waals surface area contributed by atoms with Gasteiger partial charge in [0.1, 0.15) is 18.0 Å². The van der Waals surface area contributed by atoms with Crippen LogP contribution in [0.15, 0.2) is 30.6 Å². The van der Waals surface area contributed by atoms with Crippen LogP contribution in [0.4, 0.5) is 15.9 Å². The summed E-state index contributed by atoms with van der Waals surface area (Å²) in [6.45, 7) is 2.31. The van der Waals surface area contributed by atoms with E-state index in [-0.39, 0.29) is 17.6 Å². The number of piperidine rings is 1. The van der Waals surface area contributed by atoms with Crippen molar-refractivity contribution in [1.29, 1.82) is 0 Å². The number of hydrogen-bond donors (Lipinski definition) is 0. The van der Waals surface area contributed by atoms with Crippen molar-refractivity contribution in [3.05, 3.63) is 42.2 Å². The highest BCUT2D eigenvalue weighted by Crippen LogP contribution is 2.30. The molecule has 5 rings (SSSR count). The standard InChI is InChI=1S/C23H27FN6O/c1-28(18-10-5-4-9-17(18)24)23(31)16-8-7-12-29(14-16)21-20-22(26-15-25-21)30-13-6-2-3-11-19(30)27-20/h4-5,9-10,15-16H,2-3,6-8,11-14H2,1H3/t16-/m1/s1. The van der Waals surface area contributed by atoms with Crippen LogP contribution in [0.2, 0.25) is 0 Å². The molecule has 1 aromatic carbocycles. The lowest BCUT2D eigenvalue weighted by molar-refractivity contribution is -0.122. The average Bonchev–Trinajstić information content (AvgIpc) is 2.99. The summed E-state index contributed by atoms with van der Waals surface area (Å²) < 4.78 is 16.4. The molecule has 0 bridgehead atoms. The Morgan fingerprint density at radius 1 is 1.13 bits per heavy atom. The zero-order valence-electron chi connectivity index (χ0n) is 17.8. The van der Waals surface area contributed by atoms with Gasteiger partial charge in [0.25, 0.3) is 0 Å². The second-order valence-corrected chi connectivity index (χ2v) is 8.49. The third-order valence-electron chi connectivity index (χ3n) is 6.49. The fraction of sp³-hybridized carbons (Fsp3) is 0.478. The van der Waals surface area contributed by atoms with Gasteiger partial charge in [0.15, 0.2) is 17.0 Å². The topological polar surface area (TPSA) is 67.2 Å². The quantitative estimate of drug-likeness (QED) is 0.646. The lowest BCUT2D eigenvalue weighted by Crippen LogP contribution is -2.44. The molecule has 4 heterocycles. The zero-order valence-corrected chi connectivity index (χ0v) is 17.8. The van der Waals surface area contributed by atoms with Crippen LogP contribution >= 0.6 is 0 Å². The second kappa shape index (κ2) is 8.24. The number of imidazole rings is 1. The maximum absolute atomic E-state index is 14.2. The number of amides is 1. The van der Waals surface area contributed by atoms with Gasteiger partial charge in [-0.3, -0.25) is 4.79 Å². The molecule has 7 nitrogen and oxygen atoms in total. The van der Waals surface area contributed by atoms with Crippen molar-refractivity contribution in [3.63, 3.8) is 0 Å². The highest BCUT2D eigenvalue weighted by atomic mass is 19.1. The summed E-state index contributed by atoms with van der Waals surface area (Å²) in [7, 11) is 1.65. The van der Waals surface area contributed by atoms with Crippen LogP contribution in [0.5, 0.6) is 0 Å². The third-order valence-corrected chi connectivity index (χ3v) is 6.49. The first-order chi connectivity index (χ1) is 15.1. The molecule has 0 N–H and O–H groups in total. The molecule has 0 spiro atoms. The van der Waals surface area contributed by atoms with Gasteiger partial charge in [-0.15, -0.1) is 0 Å². The van der Waals surface area contributed by atoms with Gasteiger partial charge in [-0.25, -0.2) is 19.3 Å². The molecular weight excluding hydrogens is 395 g/mol. The van der Waals surface area contributed by atoms with E-state index in [9.17, 15) is 9.18 Å². The van der Waals surface area contributed by atoms with E-state index in [2.05, 4.69) is 19.4 Å². The number of carbonyl (C=O) groups excluding carboxylic acids is 1. The van der Waals surface area contributed by atoms with E-state index in [1.54, 1.807) is 31.6 Å². The molecule has 162 valence electrons. The number of para-hydroxylation sites is 1. The van der Waals surface area contributed by atoms with Crippen LogP contribution in [0.25, 0.3) is 11.2 Å². The fourth-order valence-electron chi connectivity index (χ4n) is 4.84. The first-order valence-electron chi connectivity index (χ1n) is 11.1. The molecule has 1 amide bonds. The van der Waals surface area contributed by atoms with Crippen molar-refractivity contribution in [2.24, 2.45) is 5.92 Å². The minimum absolute atomic E-state index is 0.0688. The van der Waals surface area contributed by atoms with Gasteiger partial charge in [-0.2, -0.15) is 0 Å². The van der Waals surface area contributed by atoms with Gasteiger partial charge in [0.2, 0.25) is 5.91 Å². The number of hydrogen-bond acceptors (Lipinski definition) is 5. The Kier molecular flexibility index (Phi) is 5.29. The number of benzene rings is 1. The smallest absolute Gasteiger partial charge is 0.231 e. The number of anilines is 2. The summed E-state index contributed by atoms with van der Waals surface area (Å²) in [5, 5.41) is 0. The zero-order chi connectivity index (χ0) is 21.4. The van der Waals surface area contributed by atoms with E-state index in [4.69, 9.17) is 4.98 Å². The Balaban J connectivity index is 1.41. The lowest BCUT2D eigenvalue weighted by Gasteiger charge is -2.34. The normalized spacial score (nSPS) is 19.2. The molecule has 8 heteroatoms. The Morgan fingerprint density at radius 3 is 2.87 bits per heavy atom. The van der Waals surface area contributed by atoms with E-state index < -0.39 is 0 Å². The Bertz CT molecular complexity index is 1110.